The summed E-state index contributed by atoms with van der Waals surface area (Å²) in [4.78, 5) is 10.5. The Morgan fingerprint density at radius 2 is 2.00 bits per heavy atom. The van der Waals surface area contributed by atoms with Crippen LogP contribution in [0.5, 0.6) is 0 Å². The molecule has 1 aliphatic heterocycles. The Balaban J connectivity index is 1.87. The smallest absolute Gasteiger partial charge is 0.204 e. The molecule has 82 valence electrons. The second-order valence-electron chi connectivity index (χ2n) is 3.77. The van der Waals surface area contributed by atoms with Crippen molar-refractivity contribution in [1.82, 2.24) is 14.9 Å². The van der Waals surface area contributed by atoms with Crippen LogP contribution in [0, 0.1) is 11.8 Å². The molecule has 1 saturated heterocycles. The third kappa shape index (κ3) is 3.33. The summed E-state index contributed by atoms with van der Waals surface area (Å²) in [5.74, 6) is 6.65. The van der Waals surface area contributed by atoms with E-state index >= 15 is 0 Å². The Morgan fingerprint density at radius 1 is 1.31 bits per heavy atom. The highest BCUT2D eigenvalue weighted by molar-refractivity contribution is 6.31. The maximum atomic E-state index is 5.26. The predicted octanol–water partition coefficient (Wildman–Crippen LogP) is -1.58. The van der Waals surface area contributed by atoms with Crippen LogP contribution in [0.4, 0.5) is 0 Å². The molecule has 0 aliphatic carbocycles. The molecular weight excluding hydrogens is 201 g/mol. The summed E-state index contributed by atoms with van der Waals surface area (Å²) in [6.45, 7) is 4.30. The van der Waals surface area contributed by atoms with Gasteiger partial charge in [-0.2, -0.15) is 0 Å². The van der Waals surface area contributed by atoms with Gasteiger partial charge in [-0.05, 0) is 5.92 Å². The van der Waals surface area contributed by atoms with E-state index in [4.69, 9.17) is 4.74 Å². The van der Waals surface area contributed by atoms with E-state index in [1.807, 2.05) is 7.85 Å². The summed E-state index contributed by atoms with van der Waals surface area (Å²) in [5, 5.41) is 0. The molecule has 0 spiro atoms. The quantitative estimate of drug-likeness (QED) is 0.418. The number of hydrogen-bond donors (Lipinski definition) is 0. The molecule has 2 heterocycles. The van der Waals surface area contributed by atoms with E-state index in [0.717, 1.165) is 38.3 Å². The van der Waals surface area contributed by atoms with Crippen LogP contribution in [0.25, 0.3) is 0 Å². The molecule has 0 amide bonds. The number of nitrogens with zero attached hydrogens (tertiary/aromatic N) is 3. The highest BCUT2D eigenvalue weighted by Gasteiger charge is 2.07. The Hall–Kier alpha value is -1.38. The van der Waals surface area contributed by atoms with Crippen LogP contribution in [-0.4, -0.2) is 55.6 Å². The summed E-state index contributed by atoms with van der Waals surface area (Å²) in [7, 11) is 1.96. The van der Waals surface area contributed by atoms with E-state index in [0.29, 0.717) is 5.82 Å². The fraction of sp³-hybridized carbons (Fsp3) is 0.455. The lowest BCUT2D eigenvalue weighted by molar-refractivity contribution is 0.0443. The zero-order chi connectivity index (χ0) is 11.2. The van der Waals surface area contributed by atoms with Gasteiger partial charge < -0.3 is 4.74 Å². The first-order valence-electron chi connectivity index (χ1n) is 5.42. The van der Waals surface area contributed by atoms with Crippen LogP contribution >= 0.6 is 0 Å². The van der Waals surface area contributed by atoms with Crippen molar-refractivity contribution in [2.75, 3.05) is 32.8 Å². The second-order valence-corrected chi connectivity index (χ2v) is 3.77. The Morgan fingerprint density at radius 3 is 2.69 bits per heavy atom. The number of morpholine rings is 1. The number of ether oxygens (including phenoxy) is 1. The molecule has 1 aromatic heterocycles. The van der Waals surface area contributed by atoms with Gasteiger partial charge in [0, 0.05) is 25.5 Å². The van der Waals surface area contributed by atoms with Gasteiger partial charge in [-0.1, -0.05) is 11.4 Å². The Kier molecular flexibility index (Phi) is 3.92. The minimum Gasteiger partial charge on any atom is -0.379 e. The van der Waals surface area contributed by atoms with Crippen molar-refractivity contribution in [3.05, 3.63) is 18.2 Å². The van der Waals surface area contributed by atoms with Crippen LogP contribution in [0.3, 0.4) is 0 Å². The Labute approximate surface area is 96.4 Å². The average molecular weight is 215 g/mol. The summed E-state index contributed by atoms with van der Waals surface area (Å²) >= 11 is 0. The zero-order valence-electron chi connectivity index (χ0n) is 9.44. The van der Waals surface area contributed by atoms with Crippen molar-refractivity contribution >= 4 is 13.3 Å². The first-order chi connectivity index (χ1) is 7.84. The fourth-order valence-corrected chi connectivity index (χ4v) is 1.45. The molecule has 16 heavy (non-hydrogen) atoms. The van der Waals surface area contributed by atoms with Gasteiger partial charge in [0.2, 0.25) is 5.82 Å². The van der Waals surface area contributed by atoms with Crippen molar-refractivity contribution in [1.29, 1.82) is 0 Å². The molecule has 4 nitrogen and oxygen atoms in total. The summed E-state index contributed by atoms with van der Waals surface area (Å²) in [6, 6.07) is 0. The molecule has 0 saturated carbocycles. The molecule has 0 radical (unpaired) electrons. The van der Waals surface area contributed by atoms with E-state index in [2.05, 4.69) is 26.7 Å². The number of rotatable bonds is 1. The van der Waals surface area contributed by atoms with E-state index in [1.165, 1.54) is 0 Å². The lowest BCUT2D eigenvalue weighted by atomic mass is 10.0. The molecule has 0 aromatic carbocycles. The molecule has 0 bridgehead atoms. The molecule has 1 aliphatic rings. The van der Waals surface area contributed by atoms with Gasteiger partial charge in [-0.15, -0.1) is 0 Å². The SMILES string of the molecule is Bc1cnc(C#CCN2CCOCC2)nc1. The third-order valence-corrected chi connectivity index (χ3v) is 2.39. The van der Waals surface area contributed by atoms with Crippen molar-refractivity contribution in [3.8, 4) is 11.8 Å². The maximum Gasteiger partial charge on any atom is 0.204 e. The van der Waals surface area contributed by atoms with Crippen molar-refractivity contribution in [2.45, 2.75) is 0 Å². The van der Waals surface area contributed by atoms with E-state index < -0.39 is 0 Å². The lowest BCUT2D eigenvalue weighted by Crippen LogP contribution is -2.36. The summed E-state index contributed by atoms with van der Waals surface area (Å²) < 4.78 is 5.26. The highest BCUT2D eigenvalue weighted by Crippen LogP contribution is 1.94. The molecule has 5 heteroatoms. The van der Waals surface area contributed by atoms with Crippen LogP contribution in [0.15, 0.2) is 12.4 Å². The molecule has 2 rings (SSSR count). The molecular formula is C11H14BN3O. The van der Waals surface area contributed by atoms with Crippen LogP contribution in [0.1, 0.15) is 5.82 Å². The first kappa shape index (κ1) is 11.1. The summed E-state index contributed by atoms with van der Waals surface area (Å²) in [6.07, 6.45) is 3.57. The van der Waals surface area contributed by atoms with Gasteiger partial charge in [-0.3, -0.25) is 4.90 Å². The average Bonchev–Trinajstić information content (AvgIpc) is 2.33. The van der Waals surface area contributed by atoms with E-state index in [9.17, 15) is 0 Å². The zero-order valence-corrected chi connectivity index (χ0v) is 9.44. The van der Waals surface area contributed by atoms with E-state index in [1.54, 1.807) is 12.4 Å². The van der Waals surface area contributed by atoms with E-state index in [-0.39, 0.29) is 0 Å². The molecule has 0 atom stereocenters. The minimum atomic E-state index is 0.596. The highest BCUT2D eigenvalue weighted by atomic mass is 16.5. The van der Waals surface area contributed by atoms with Crippen LogP contribution in [-0.2, 0) is 4.74 Å². The molecule has 1 fully saturated rings. The van der Waals surface area contributed by atoms with Gasteiger partial charge in [0.15, 0.2) is 0 Å². The minimum absolute atomic E-state index is 0.596. The van der Waals surface area contributed by atoms with Crippen molar-refractivity contribution in [3.63, 3.8) is 0 Å². The van der Waals surface area contributed by atoms with Gasteiger partial charge in [0.25, 0.3) is 0 Å². The second kappa shape index (κ2) is 5.64. The van der Waals surface area contributed by atoms with Crippen molar-refractivity contribution in [2.24, 2.45) is 0 Å². The monoisotopic (exact) mass is 215 g/mol. The topological polar surface area (TPSA) is 38.2 Å². The third-order valence-electron chi connectivity index (χ3n) is 2.39. The molecule has 1 aromatic rings. The normalized spacial score (nSPS) is 16.5. The fourth-order valence-electron chi connectivity index (χ4n) is 1.45. The Bertz CT molecular complexity index is 390. The largest absolute Gasteiger partial charge is 0.379 e. The van der Waals surface area contributed by atoms with Crippen LogP contribution < -0.4 is 5.46 Å². The maximum absolute atomic E-state index is 5.26. The number of hydrogen-bond acceptors (Lipinski definition) is 4. The summed E-state index contributed by atoms with van der Waals surface area (Å²) in [5.41, 5.74) is 1.05. The standard InChI is InChI=1S/C11H14BN3O/c12-10-8-13-11(14-9-10)2-1-3-15-4-6-16-7-5-15/h8-9H,3-7,12H2. The lowest BCUT2D eigenvalue weighted by Gasteiger charge is -2.24. The van der Waals surface area contributed by atoms with Gasteiger partial charge in [-0.25, -0.2) is 9.97 Å². The molecule has 0 N–H and O–H groups in total. The predicted molar refractivity (Wildman–Crippen MR) is 64.3 cm³/mol. The number of aromatic nitrogens is 2. The molecule has 0 unspecified atom stereocenters. The van der Waals surface area contributed by atoms with Crippen molar-refractivity contribution < 1.29 is 4.74 Å². The van der Waals surface area contributed by atoms with Gasteiger partial charge in [0.1, 0.15) is 7.85 Å². The van der Waals surface area contributed by atoms with Gasteiger partial charge in [0.05, 0.1) is 19.8 Å². The van der Waals surface area contributed by atoms with Crippen LogP contribution in [0.2, 0.25) is 0 Å². The van der Waals surface area contributed by atoms with Gasteiger partial charge >= 0.3 is 0 Å². The first-order valence-corrected chi connectivity index (χ1v) is 5.42.